The van der Waals surface area contributed by atoms with Gasteiger partial charge < -0.3 is 14.9 Å². The average molecular weight is 444 g/mol. The molecule has 0 aliphatic rings. The van der Waals surface area contributed by atoms with Crippen LogP contribution in [0.3, 0.4) is 0 Å². The van der Waals surface area contributed by atoms with E-state index in [0.717, 1.165) is 11.8 Å². The van der Waals surface area contributed by atoms with Crippen molar-refractivity contribution in [2.24, 2.45) is 0 Å². The lowest BCUT2D eigenvalue weighted by atomic mass is 10.1. The maximum absolute atomic E-state index is 14.1. The van der Waals surface area contributed by atoms with E-state index < -0.39 is 11.7 Å². The van der Waals surface area contributed by atoms with Crippen LogP contribution in [0.2, 0.25) is 0 Å². The third kappa shape index (κ3) is 3.47. The highest BCUT2D eigenvalue weighted by molar-refractivity contribution is 5.94. The molecule has 162 valence electrons. The van der Waals surface area contributed by atoms with Crippen LogP contribution in [-0.4, -0.2) is 19.1 Å². The molecule has 0 saturated carbocycles. The number of halogens is 3. The number of pyridine rings is 1. The Kier molecular flexibility index (Phi) is 4.64. The van der Waals surface area contributed by atoms with Gasteiger partial charge in [-0.2, -0.15) is 18.4 Å². The zero-order valence-corrected chi connectivity index (χ0v) is 17.0. The Labute approximate surface area is 186 Å². The zero-order chi connectivity index (χ0) is 23.2. The number of aromatic nitrogens is 4. The third-order valence-electron chi connectivity index (χ3n) is 5.35. The van der Waals surface area contributed by atoms with Crippen molar-refractivity contribution in [1.82, 2.24) is 19.1 Å². The van der Waals surface area contributed by atoms with E-state index in [1.165, 1.54) is 29.1 Å². The highest BCUT2D eigenvalue weighted by atomic mass is 19.4. The van der Waals surface area contributed by atoms with Crippen molar-refractivity contribution in [2.45, 2.75) is 6.18 Å². The monoisotopic (exact) mass is 444 g/mol. The SMILES string of the molecule is N#Cc1ccc(-n2cc(C(F)(F)F)c3c(-n4cnc(-c5cccnc5)c4)cccc32)c(N)c1. The number of nitrogens with two attached hydrogens (primary N) is 1. The van der Waals surface area contributed by atoms with Crippen molar-refractivity contribution in [3.8, 4) is 28.7 Å². The van der Waals surface area contributed by atoms with Crippen molar-refractivity contribution < 1.29 is 13.2 Å². The van der Waals surface area contributed by atoms with Gasteiger partial charge in [0.1, 0.15) is 0 Å². The topological polar surface area (TPSA) is 85.5 Å². The number of anilines is 1. The number of nitrogen functional groups attached to an aromatic ring is 1. The van der Waals surface area contributed by atoms with Crippen LogP contribution in [0.25, 0.3) is 33.5 Å². The Balaban J connectivity index is 1.75. The summed E-state index contributed by atoms with van der Waals surface area (Å²) < 4.78 is 45.3. The number of alkyl halides is 3. The molecule has 0 bridgehead atoms. The minimum Gasteiger partial charge on any atom is -0.397 e. The minimum atomic E-state index is -4.60. The van der Waals surface area contributed by atoms with E-state index in [1.807, 2.05) is 12.1 Å². The van der Waals surface area contributed by atoms with Crippen LogP contribution in [0.5, 0.6) is 0 Å². The summed E-state index contributed by atoms with van der Waals surface area (Å²) in [7, 11) is 0. The molecule has 0 unspecified atom stereocenters. The maximum atomic E-state index is 14.1. The fraction of sp³-hybridized carbons (Fsp3) is 0.0417. The summed E-state index contributed by atoms with van der Waals surface area (Å²) in [5.41, 5.74) is 8.16. The second-order valence-corrected chi connectivity index (χ2v) is 7.38. The number of nitriles is 1. The molecule has 0 saturated heterocycles. The fourth-order valence-corrected chi connectivity index (χ4v) is 3.86. The largest absolute Gasteiger partial charge is 0.418 e. The molecule has 0 atom stereocenters. The highest BCUT2D eigenvalue weighted by Crippen LogP contribution is 2.41. The average Bonchev–Trinajstić information content (AvgIpc) is 3.45. The first-order valence-electron chi connectivity index (χ1n) is 9.83. The van der Waals surface area contributed by atoms with Gasteiger partial charge in [-0.25, -0.2) is 4.98 Å². The van der Waals surface area contributed by atoms with E-state index >= 15 is 0 Å². The van der Waals surface area contributed by atoms with Gasteiger partial charge in [0, 0.05) is 35.7 Å². The Morgan fingerprint density at radius 3 is 2.55 bits per heavy atom. The van der Waals surface area contributed by atoms with E-state index in [9.17, 15) is 13.2 Å². The molecule has 3 aromatic heterocycles. The number of nitrogens with zero attached hydrogens (tertiary/aromatic N) is 5. The summed E-state index contributed by atoms with van der Waals surface area (Å²) >= 11 is 0. The first-order valence-corrected chi connectivity index (χ1v) is 9.83. The number of benzene rings is 2. The Morgan fingerprint density at radius 1 is 1.00 bits per heavy atom. The van der Waals surface area contributed by atoms with Gasteiger partial charge in [-0.3, -0.25) is 4.98 Å². The predicted molar refractivity (Wildman–Crippen MR) is 118 cm³/mol. The second kappa shape index (κ2) is 7.53. The molecule has 5 aromatic rings. The molecular formula is C24H15F3N6. The van der Waals surface area contributed by atoms with Gasteiger partial charge in [-0.05, 0) is 42.5 Å². The van der Waals surface area contributed by atoms with Crippen molar-refractivity contribution in [2.75, 3.05) is 5.73 Å². The van der Waals surface area contributed by atoms with Crippen LogP contribution in [0, 0.1) is 11.3 Å². The lowest BCUT2D eigenvalue weighted by Gasteiger charge is -2.11. The predicted octanol–water partition coefficient (Wildman–Crippen LogP) is 5.35. The van der Waals surface area contributed by atoms with Crippen molar-refractivity contribution in [3.63, 3.8) is 0 Å². The standard InChI is InChI=1S/C24H15F3N6/c25-24(26,27)17-12-33(20-7-6-15(10-28)9-18(20)29)22-5-1-4-21(23(17)22)32-13-19(31-14-32)16-3-2-8-30-11-16/h1-9,11-14H,29H2. The van der Waals surface area contributed by atoms with Crippen molar-refractivity contribution in [3.05, 3.63) is 90.8 Å². The normalized spacial score (nSPS) is 11.6. The van der Waals surface area contributed by atoms with Gasteiger partial charge in [0.15, 0.2) is 0 Å². The number of hydrogen-bond donors (Lipinski definition) is 1. The molecule has 9 heteroatoms. The van der Waals surface area contributed by atoms with E-state index in [-0.39, 0.29) is 11.1 Å². The molecule has 0 fully saturated rings. The van der Waals surface area contributed by atoms with Crippen LogP contribution < -0.4 is 5.73 Å². The summed E-state index contributed by atoms with van der Waals surface area (Å²) in [4.78, 5) is 8.41. The minimum absolute atomic E-state index is 0.0175. The molecule has 2 N–H and O–H groups in total. The van der Waals surface area contributed by atoms with Gasteiger partial charge in [-0.15, -0.1) is 0 Å². The number of rotatable bonds is 3. The molecule has 5 rings (SSSR count). The van der Waals surface area contributed by atoms with Gasteiger partial charge in [-0.1, -0.05) is 6.07 Å². The van der Waals surface area contributed by atoms with Crippen LogP contribution in [0.15, 0.2) is 79.6 Å². The number of fused-ring (bicyclic) bond motifs is 1. The van der Waals surface area contributed by atoms with E-state index in [1.54, 1.807) is 47.4 Å². The molecule has 6 nitrogen and oxygen atoms in total. The summed E-state index contributed by atoms with van der Waals surface area (Å²) in [6, 6.07) is 15.0. The van der Waals surface area contributed by atoms with E-state index in [0.29, 0.717) is 28.1 Å². The Morgan fingerprint density at radius 2 is 1.85 bits per heavy atom. The van der Waals surface area contributed by atoms with Gasteiger partial charge in [0.05, 0.1) is 51.8 Å². The van der Waals surface area contributed by atoms with Gasteiger partial charge in [0.2, 0.25) is 0 Å². The van der Waals surface area contributed by atoms with Crippen LogP contribution >= 0.6 is 0 Å². The zero-order valence-electron chi connectivity index (χ0n) is 17.0. The molecule has 2 aromatic carbocycles. The van der Waals surface area contributed by atoms with E-state index in [4.69, 9.17) is 11.0 Å². The summed E-state index contributed by atoms with van der Waals surface area (Å²) in [5.74, 6) is 0. The Hall–Kier alpha value is -4.58. The molecule has 33 heavy (non-hydrogen) atoms. The van der Waals surface area contributed by atoms with Crippen LogP contribution in [0.4, 0.5) is 18.9 Å². The van der Waals surface area contributed by atoms with Crippen molar-refractivity contribution >= 4 is 16.6 Å². The third-order valence-corrected chi connectivity index (χ3v) is 5.35. The molecule has 0 spiro atoms. The molecule has 0 aliphatic heterocycles. The summed E-state index contributed by atoms with van der Waals surface area (Å²) in [6.45, 7) is 0. The second-order valence-electron chi connectivity index (χ2n) is 7.38. The highest BCUT2D eigenvalue weighted by Gasteiger charge is 2.36. The lowest BCUT2D eigenvalue weighted by Crippen LogP contribution is -2.05. The smallest absolute Gasteiger partial charge is 0.397 e. The summed E-state index contributed by atoms with van der Waals surface area (Å²) in [6.07, 6.45) is 2.84. The molecule has 0 radical (unpaired) electrons. The lowest BCUT2D eigenvalue weighted by molar-refractivity contribution is -0.136. The molecular weight excluding hydrogens is 429 g/mol. The van der Waals surface area contributed by atoms with Crippen LogP contribution in [-0.2, 0) is 6.18 Å². The first kappa shape index (κ1) is 20.3. The molecule has 3 heterocycles. The maximum Gasteiger partial charge on any atom is 0.418 e. The van der Waals surface area contributed by atoms with Crippen LogP contribution in [0.1, 0.15) is 11.1 Å². The van der Waals surface area contributed by atoms with E-state index in [2.05, 4.69) is 9.97 Å². The van der Waals surface area contributed by atoms with Gasteiger partial charge in [0.25, 0.3) is 0 Å². The molecule has 0 amide bonds. The fourth-order valence-electron chi connectivity index (χ4n) is 3.86. The quantitative estimate of drug-likeness (QED) is 0.380. The number of imidazole rings is 1. The number of hydrogen-bond acceptors (Lipinski definition) is 4. The molecule has 0 aliphatic carbocycles. The van der Waals surface area contributed by atoms with Gasteiger partial charge >= 0.3 is 6.18 Å². The van der Waals surface area contributed by atoms with Crippen molar-refractivity contribution in [1.29, 1.82) is 5.26 Å². The first-order chi connectivity index (χ1) is 15.9. The summed E-state index contributed by atoms with van der Waals surface area (Å²) in [5, 5.41) is 9.10. The Bertz CT molecular complexity index is 1520.